The lowest BCUT2D eigenvalue weighted by atomic mass is 9.98. The Balaban J connectivity index is 1.77. The first-order chi connectivity index (χ1) is 13.5. The molecule has 0 bridgehead atoms. The van der Waals surface area contributed by atoms with E-state index in [2.05, 4.69) is 5.32 Å². The second-order valence-corrected chi connectivity index (χ2v) is 6.64. The van der Waals surface area contributed by atoms with Crippen molar-refractivity contribution >= 4 is 34.2 Å². The maximum absolute atomic E-state index is 12.8. The number of non-ortho nitro benzene ring substituents is 1. The molecule has 1 heterocycles. The number of Topliss-reactive ketones (excluding diaryl/α,β-unsaturated/α-hetero) is 1. The summed E-state index contributed by atoms with van der Waals surface area (Å²) in [4.78, 5) is 23.7. The zero-order valence-corrected chi connectivity index (χ0v) is 15.8. The molecule has 0 saturated carbocycles. The van der Waals surface area contributed by atoms with Gasteiger partial charge < -0.3 is 14.8 Å². The molecule has 0 aliphatic carbocycles. The average molecular weight is 398 g/mol. The Kier molecular flexibility index (Phi) is 6.00. The number of methoxy groups -OCH3 is 1. The number of nitrogens with one attached hydrogen (secondary N) is 1. The lowest BCUT2D eigenvalue weighted by Crippen LogP contribution is -2.39. The SMILES string of the molecule is COc1ccc(C(=O)CC(Nc2ccc([N+](=O)[O-])cc2)C2OC=CC2=S)cc1. The van der Waals surface area contributed by atoms with Crippen LogP contribution in [-0.2, 0) is 4.74 Å². The number of hydrogen-bond donors (Lipinski definition) is 1. The van der Waals surface area contributed by atoms with Gasteiger partial charge >= 0.3 is 0 Å². The Morgan fingerprint density at radius 2 is 1.93 bits per heavy atom. The molecule has 8 heteroatoms. The molecule has 1 aliphatic heterocycles. The monoisotopic (exact) mass is 398 g/mol. The molecule has 0 fully saturated rings. The van der Waals surface area contributed by atoms with Crippen LogP contribution in [0, 0.1) is 10.1 Å². The predicted octanol–water partition coefficient (Wildman–Crippen LogP) is 3.94. The number of rotatable bonds is 8. The van der Waals surface area contributed by atoms with Crippen molar-refractivity contribution in [2.45, 2.75) is 18.6 Å². The summed E-state index contributed by atoms with van der Waals surface area (Å²) in [5.41, 5.74) is 1.18. The van der Waals surface area contributed by atoms with Gasteiger partial charge in [-0.3, -0.25) is 14.9 Å². The molecule has 2 atom stereocenters. The van der Waals surface area contributed by atoms with Crippen molar-refractivity contribution in [3.8, 4) is 5.75 Å². The van der Waals surface area contributed by atoms with Crippen LogP contribution in [0.5, 0.6) is 5.75 Å². The number of anilines is 1. The minimum atomic E-state index is -0.479. The summed E-state index contributed by atoms with van der Waals surface area (Å²) in [7, 11) is 1.56. The van der Waals surface area contributed by atoms with E-state index < -0.39 is 17.1 Å². The molecule has 0 amide bonds. The normalized spacial score (nSPS) is 16.3. The number of nitro benzene ring substituents is 1. The molecule has 1 N–H and O–H groups in total. The average Bonchev–Trinajstić information content (AvgIpc) is 3.13. The molecule has 2 aromatic rings. The zero-order chi connectivity index (χ0) is 20.1. The van der Waals surface area contributed by atoms with E-state index in [1.54, 1.807) is 49.6 Å². The molecule has 0 saturated heterocycles. The van der Waals surface area contributed by atoms with Gasteiger partial charge in [0.25, 0.3) is 5.69 Å². The van der Waals surface area contributed by atoms with E-state index in [1.165, 1.54) is 18.4 Å². The van der Waals surface area contributed by atoms with E-state index in [0.717, 1.165) is 0 Å². The Bertz CT molecular complexity index is 909. The van der Waals surface area contributed by atoms with Gasteiger partial charge in [0.05, 0.1) is 29.2 Å². The van der Waals surface area contributed by atoms with Crippen LogP contribution in [0.1, 0.15) is 16.8 Å². The maximum Gasteiger partial charge on any atom is 0.269 e. The highest BCUT2D eigenvalue weighted by Gasteiger charge is 2.30. The summed E-state index contributed by atoms with van der Waals surface area (Å²) in [6.45, 7) is 0. The third-order valence-corrected chi connectivity index (χ3v) is 4.72. The summed E-state index contributed by atoms with van der Waals surface area (Å²) in [6.07, 6.45) is 2.85. The number of hydrogen-bond acceptors (Lipinski definition) is 7. The van der Waals surface area contributed by atoms with Crippen LogP contribution < -0.4 is 10.1 Å². The zero-order valence-electron chi connectivity index (χ0n) is 15.0. The lowest BCUT2D eigenvalue weighted by Gasteiger charge is -2.25. The molecule has 2 aromatic carbocycles. The first-order valence-corrected chi connectivity index (χ1v) is 8.93. The number of ether oxygens (including phenoxy) is 2. The van der Waals surface area contributed by atoms with Crippen LogP contribution in [0.25, 0.3) is 0 Å². The molecule has 0 spiro atoms. The molecule has 0 aromatic heterocycles. The maximum atomic E-state index is 12.8. The highest BCUT2D eigenvalue weighted by atomic mass is 32.1. The number of nitro groups is 1. The van der Waals surface area contributed by atoms with Crippen molar-refractivity contribution in [3.05, 3.63) is 76.5 Å². The van der Waals surface area contributed by atoms with Gasteiger partial charge in [-0.2, -0.15) is 0 Å². The Hall–Kier alpha value is -3.26. The van der Waals surface area contributed by atoms with E-state index in [-0.39, 0.29) is 17.9 Å². The minimum absolute atomic E-state index is 0.00860. The fourth-order valence-corrected chi connectivity index (χ4v) is 3.14. The van der Waals surface area contributed by atoms with Crippen LogP contribution in [0.15, 0.2) is 60.9 Å². The molecule has 2 unspecified atom stereocenters. The molecular formula is C20H18N2O5S. The van der Waals surface area contributed by atoms with Crippen LogP contribution >= 0.6 is 12.2 Å². The van der Waals surface area contributed by atoms with Gasteiger partial charge in [0.2, 0.25) is 0 Å². The predicted molar refractivity (Wildman–Crippen MR) is 109 cm³/mol. The van der Waals surface area contributed by atoms with Crippen molar-refractivity contribution in [2.24, 2.45) is 0 Å². The van der Waals surface area contributed by atoms with E-state index in [0.29, 0.717) is 21.9 Å². The van der Waals surface area contributed by atoms with Crippen molar-refractivity contribution in [2.75, 3.05) is 12.4 Å². The van der Waals surface area contributed by atoms with Gasteiger partial charge in [-0.25, -0.2) is 0 Å². The van der Waals surface area contributed by atoms with Crippen LogP contribution in [0.4, 0.5) is 11.4 Å². The summed E-state index contributed by atoms with van der Waals surface area (Å²) in [5.74, 6) is 0.585. The van der Waals surface area contributed by atoms with Crippen molar-refractivity contribution < 1.29 is 19.2 Å². The number of carbonyl (C=O) groups excluding carboxylic acids is 1. The number of carbonyl (C=O) groups is 1. The van der Waals surface area contributed by atoms with E-state index >= 15 is 0 Å². The molecule has 144 valence electrons. The lowest BCUT2D eigenvalue weighted by molar-refractivity contribution is -0.384. The number of benzene rings is 2. The summed E-state index contributed by atoms with van der Waals surface area (Å²) >= 11 is 5.32. The third kappa shape index (κ3) is 4.52. The van der Waals surface area contributed by atoms with Gasteiger partial charge in [-0.05, 0) is 42.5 Å². The molecule has 7 nitrogen and oxygen atoms in total. The fourth-order valence-electron chi connectivity index (χ4n) is 2.87. The molecule has 1 aliphatic rings. The van der Waals surface area contributed by atoms with Gasteiger partial charge in [0.15, 0.2) is 11.9 Å². The second-order valence-electron chi connectivity index (χ2n) is 6.17. The highest BCUT2D eigenvalue weighted by molar-refractivity contribution is 7.80. The quantitative estimate of drug-likeness (QED) is 0.312. The molecule has 28 heavy (non-hydrogen) atoms. The molecule has 0 radical (unpaired) electrons. The van der Waals surface area contributed by atoms with Gasteiger partial charge in [-0.1, -0.05) is 12.2 Å². The first kappa shape index (κ1) is 19.5. The number of ketones is 1. The Morgan fingerprint density at radius 1 is 1.25 bits per heavy atom. The van der Waals surface area contributed by atoms with Gasteiger partial charge in [-0.15, -0.1) is 0 Å². The van der Waals surface area contributed by atoms with E-state index in [4.69, 9.17) is 21.7 Å². The summed E-state index contributed by atoms with van der Waals surface area (Å²) in [6, 6.07) is 12.4. The van der Waals surface area contributed by atoms with Gasteiger partial charge in [0.1, 0.15) is 5.75 Å². The Labute approximate surface area is 167 Å². The van der Waals surface area contributed by atoms with E-state index in [1.807, 2.05) is 0 Å². The summed E-state index contributed by atoms with van der Waals surface area (Å²) < 4.78 is 10.7. The van der Waals surface area contributed by atoms with Crippen LogP contribution in [0.3, 0.4) is 0 Å². The first-order valence-electron chi connectivity index (χ1n) is 8.52. The molecular weight excluding hydrogens is 380 g/mol. The van der Waals surface area contributed by atoms with Crippen molar-refractivity contribution in [3.63, 3.8) is 0 Å². The standard InChI is InChI=1S/C20H18N2O5S/c1-26-16-8-2-13(3-9-16)18(23)12-17(20-19(28)10-11-27-20)21-14-4-6-15(7-5-14)22(24)25/h2-11,17,20-21H,12H2,1H3. The largest absolute Gasteiger partial charge is 0.497 e. The second kappa shape index (κ2) is 8.62. The Morgan fingerprint density at radius 3 is 2.46 bits per heavy atom. The molecule has 3 rings (SSSR count). The van der Waals surface area contributed by atoms with Gasteiger partial charge in [0, 0.05) is 29.8 Å². The van der Waals surface area contributed by atoms with Crippen molar-refractivity contribution in [1.29, 1.82) is 0 Å². The van der Waals surface area contributed by atoms with Crippen molar-refractivity contribution in [1.82, 2.24) is 0 Å². The third-order valence-electron chi connectivity index (χ3n) is 4.35. The number of thiocarbonyl (C=S) groups is 1. The number of nitrogens with zero attached hydrogens (tertiary/aromatic N) is 1. The smallest absolute Gasteiger partial charge is 0.269 e. The fraction of sp³-hybridized carbons (Fsp3) is 0.200. The van der Waals surface area contributed by atoms with Crippen LogP contribution in [-0.4, -0.2) is 34.8 Å². The van der Waals surface area contributed by atoms with Crippen LogP contribution in [0.2, 0.25) is 0 Å². The highest BCUT2D eigenvalue weighted by Crippen LogP contribution is 2.23. The summed E-state index contributed by atoms with van der Waals surface area (Å²) in [5, 5.41) is 14.0. The topological polar surface area (TPSA) is 90.7 Å². The van der Waals surface area contributed by atoms with E-state index in [9.17, 15) is 14.9 Å². The minimum Gasteiger partial charge on any atom is -0.497 e.